The molecule has 12 heteroatoms. The molecule has 2 aliphatic rings. The van der Waals surface area contributed by atoms with Crippen molar-refractivity contribution >= 4 is 32.6 Å². The number of ether oxygens (including phenoxy) is 1. The lowest BCUT2D eigenvalue weighted by molar-refractivity contribution is -0.133. The molecule has 1 heterocycles. The van der Waals surface area contributed by atoms with Crippen molar-refractivity contribution < 1.29 is 35.9 Å². The van der Waals surface area contributed by atoms with Crippen LogP contribution < -0.4 is 15.4 Å². The fourth-order valence-electron chi connectivity index (χ4n) is 4.70. The SMILES string of the molecule is CS(=O)(=O)COc1ccc(-c2ccc3cc(C(=O)NC4(C(=O)NC5(C#N)CC5)CCC(F)(F)CC4)oc3c2)cc1. The highest BCUT2D eigenvalue weighted by molar-refractivity contribution is 7.90. The summed E-state index contributed by atoms with van der Waals surface area (Å²) in [5.41, 5.74) is -0.643. The number of hydrogen-bond acceptors (Lipinski definition) is 7. The molecule has 40 heavy (non-hydrogen) atoms. The first-order chi connectivity index (χ1) is 18.8. The van der Waals surface area contributed by atoms with Gasteiger partial charge in [-0.15, -0.1) is 0 Å². The maximum absolute atomic E-state index is 14.0. The molecular formula is C28H27F2N3O6S. The molecule has 0 saturated heterocycles. The molecule has 0 radical (unpaired) electrons. The van der Waals surface area contributed by atoms with Crippen molar-refractivity contribution in [2.24, 2.45) is 0 Å². The first-order valence-electron chi connectivity index (χ1n) is 12.7. The fourth-order valence-corrected chi connectivity index (χ4v) is 5.05. The molecule has 2 N–H and O–H groups in total. The highest BCUT2D eigenvalue weighted by Gasteiger charge is 2.53. The Morgan fingerprint density at radius 1 is 0.975 bits per heavy atom. The Labute approximate surface area is 229 Å². The van der Waals surface area contributed by atoms with Gasteiger partial charge in [0.1, 0.15) is 22.4 Å². The molecule has 9 nitrogen and oxygen atoms in total. The van der Waals surface area contributed by atoms with Gasteiger partial charge in [0.05, 0.1) is 6.07 Å². The van der Waals surface area contributed by atoms with Crippen LogP contribution >= 0.6 is 0 Å². The zero-order chi connectivity index (χ0) is 28.8. The van der Waals surface area contributed by atoms with Gasteiger partial charge in [0.2, 0.25) is 11.8 Å². The molecule has 2 aromatic carbocycles. The standard InChI is InChI=1S/C28H27F2N3O6S/c1-40(36,37)17-38-21-6-4-18(5-7-21)19-2-3-20-15-23(39-22(20)14-19)24(34)32-27(10-12-28(29,30)13-11-27)25(35)33-26(16-31)8-9-26/h2-7,14-15H,8-13,17H2,1H3,(H,32,34)(H,33,35). The number of rotatable bonds is 8. The molecule has 0 aliphatic heterocycles. The monoisotopic (exact) mass is 571 g/mol. The number of nitrogens with zero attached hydrogens (tertiary/aromatic N) is 1. The van der Waals surface area contributed by atoms with E-state index in [1.165, 1.54) is 6.07 Å². The quantitative estimate of drug-likeness (QED) is 0.410. The third-order valence-electron chi connectivity index (χ3n) is 7.31. The van der Waals surface area contributed by atoms with E-state index in [9.17, 15) is 32.0 Å². The Balaban J connectivity index is 1.34. The summed E-state index contributed by atoms with van der Waals surface area (Å²) in [5.74, 6) is -4.41. The van der Waals surface area contributed by atoms with Crippen LogP contribution in [-0.2, 0) is 14.6 Å². The lowest BCUT2D eigenvalue weighted by Crippen LogP contribution is -2.62. The minimum absolute atomic E-state index is 0.0809. The van der Waals surface area contributed by atoms with Crippen LogP contribution in [0.2, 0.25) is 0 Å². The third kappa shape index (κ3) is 5.94. The van der Waals surface area contributed by atoms with E-state index in [1.807, 2.05) is 6.07 Å². The molecule has 5 rings (SSSR count). The van der Waals surface area contributed by atoms with Crippen LogP contribution in [0.15, 0.2) is 52.9 Å². The smallest absolute Gasteiger partial charge is 0.287 e. The second-order valence-corrected chi connectivity index (χ2v) is 12.7. The number of nitrogens with one attached hydrogen (secondary N) is 2. The van der Waals surface area contributed by atoms with Crippen LogP contribution in [0.4, 0.5) is 8.78 Å². The Bertz CT molecular complexity index is 1610. The van der Waals surface area contributed by atoms with Gasteiger partial charge < -0.3 is 19.8 Å². The molecule has 2 saturated carbocycles. The number of nitriles is 1. The number of carbonyl (C=O) groups excluding carboxylic acids is 2. The summed E-state index contributed by atoms with van der Waals surface area (Å²) in [6.45, 7) is 0. The zero-order valence-corrected chi connectivity index (χ0v) is 22.4. The zero-order valence-electron chi connectivity index (χ0n) is 21.6. The van der Waals surface area contributed by atoms with Crippen LogP contribution in [-0.4, -0.2) is 49.4 Å². The highest BCUT2D eigenvalue weighted by Crippen LogP contribution is 2.41. The number of carbonyl (C=O) groups is 2. The van der Waals surface area contributed by atoms with Crippen LogP contribution in [0.5, 0.6) is 5.75 Å². The first-order valence-corrected chi connectivity index (χ1v) is 14.8. The molecule has 0 bridgehead atoms. The van der Waals surface area contributed by atoms with E-state index in [2.05, 4.69) is 16.7 Å². The normalized spacial score (nSPS) is 18.9. The van der Waals surface area contributed by atoms with Crippen LogP contribution in [0.1, 0.15) is 49.1 Å². The summed E-state index contributed by atoms with van der Waals surface area (Å²) in [6, 6.07) is 15.7. The van der Waals surface area contributed by atoms with Crippen molar-refractivity contribution in [3.8, 4) is 22.9 Å². The van der Waals surface area contributed by atoms with Gasteiger partial charge in [-0.1, -0.05) is 24.3 Å². The van der Waals surface area contributed by atoms with E-state index in [4.69, 9.17) is 9.15 Å². The van der Waals surface area contributed by atoms with Crippen molar-refractivity contribution in [3.05, 3.63) is 54.3 Å². The molecule has 2 aliphatic carbocycles. The van der Waals surface area contributed by atoms with E-state index in [1.54, 1.807) is 36.4 Å². The molecule has 2 amide bonds. The Morgan fingerprint density at radius 3 is 2.23 bits per heavy atom. The molecule has 0 spiro atoms. The minimum Gasteiger partial charge on any atom is -0.478 e. The van der Waals surface area contributed by atoms with Gasteiger partial charge in [-0.3, -0.25) is 9.59 Å². The molecule has 210 valence electrons. The minimum atomic E-state index is -3.28. The first kappa shape index (κ1) is 27.6. The van der Waals surface area contributed by atoms with E-state index in [0.29, 0.717) is 29.6 Å². The van der Waals surface area contributed by atoms with Crippen LogP contribution in [0, 0.1) is 11.3 Å². The number of amides is 2. The number of fused-ring (bicyclic) bond motifs is 1. The van der Waals surface area contributed by atoms with E-state index >= 15 is 0 Å². The predicted molar refractivity (Wildman–Crippen MR) is 141 cm³/mol. The van der Waals surface area contributed by atoms with Gasteiger partial charge >= 0.3 is 0 Å². The van der Waals surface area contributed by atoms with Gasteiger partial charge in [-0.05, 0) is 61.1 Å². The average Bonchev–Trinajstić information content (AvgIpc) is 3.55. The van der Waals surface area contributed by atoms with E-state index in [0.717, 1.165) is 17.4 Å². The van der Waals surface area contributed by atoms with Gasteiger partial charge in [0.25, 0.3) is 5.91 Å². The van der Waals surface area contributed by atoms with Crippen molar-refractivity contribution in [1.29, 1.82) is 5.26 Å². The lowest BCUT2D eigenvalue weighted by atomic mass is 9.78. The molecule has 2 fully saturated rings. The van der Waals surface area contributed by atoms with Gasteiger partial charge in [-0.25, -0.2) is 17.2 Å². The summed E-state index contributed by atoms with van der Waals surface area (Å²) in [7, 11) is -3.28. The van der Waals surface area contributed by atoms with Gasteiger partial charge in [0.15, 0.2) is 21.5 Å². The molecule has 3 aromatic rings. The second kappa shape index (κ2) is 9.89. The largest absolute Gasteiger partial charge is 0.478 e. The van der Waals surface area contributed by atoms with Gasteiger partial charge in [-0.2, -0.15) is 5.26 Å². The molecular weight excluding hydrogens is 544 g/mol. The Kier molecular flexibility index (Phi) is 6.82. The van der Waals surface area contributed by atoms with E-state index < -0.39 is 57.4 Å². The molecule has 0 unspecified atom stereocenters. The van der Waals surface area contributed by atoms with Gasteiger partial charge in [0, 0.05) is 24.5 Å². The Morgan fingerprint density at radius 2 is 1.62 bits per heavy atom. The van der Waals surface area contributed by atoms with E-state index in [-0.39, 0.29) is 18.6 Å². The summed E-state index contributed by atoms with van der Waals surface area (Å²) >= 11 is 0. The van der Waals surface area contributed by atoms with Crippen molar-refractivity contribution in [2.45, 2.75) is 55.5 Å². The number of sulfone groups is 1. The molecule has 1 aromatic heterocycles. The number of benzene rings is 2. The predicted octanol–water partition coefficient (Wildman–Crippen LogP) is 4.33. The topological polar surface area (TPSA) is 138 Å². The number of hydrogen-bond donors (Lipinski definition) is 2. The van der Waals surface area contributed by atoms with Crippen molar-refractivity contribution in [1.82, 2.24) is 10.6 Å². The number of furan rings is 1. The summed E-state index contributed by atoms with van der Waals surface area (Å²) in [6.07, 6.45) is 0.342. The maximum atomic E-state index is 14.0. The Hall–Kier alpha value is -3.98. The third-order valence-corrected chi connectivity index (χ3v) is 7.86. The van der Waals surface area contributed by atoms with Crippen LogP contribution in [0.25, 0.3) is 22.1 Å². The number of halogens is 2. The van der Waals surface area contributed by atoms with Crippen LogP contribution in [0.3, 0.4) is 0 Å². The fraction of sp³-hybridized carbons (Fsp3) is 0.393. The lowest BCUT2D eigenvalue weighted by Gasteiger charge is -2.39. The maximum Gasteiger partial charge on any atom is 0.287 e. The summed E-state index contributed by atoms with van der Waals surface area (Å²) in [5, 5.41) is 15.3. The average molecular weight is 572 g/mol. The van der Waals surface area contributed by atoms with Crippen molar-refractivity contribution in [3.63, 3.8) is 0 Å². The summed E-state index contributed by atoms with van der Waals surface area (Å²) < 4.78 is 61.6. The van der Waals surface area contributed by atoms with Crippen molar-refractivity contribution in [2.75, 3.05) is 12.2 Å². The molecule has 0 atom stereocenters. The number of alkyl halides is 2. The summed E-state index contributed by atoms with van der Waals surface area (Å²) in [4.78, 5) is 26.4. The highest BCUT2D eigenvalue weighted by atomic mass is 32.2. The second-order valence-electron chi connectivity index (χ2n) is 10.6.